The van der Waals surface area contributed by atoms with Crippen LogP contribution in [0.3, 0.4) is 0 Å². The van der Waals surface area contributed by atoms with Crippen molar-refractivity contribution in [2.24, 2.45) is 0 Å². The molecule has 0 aromatic carbocycles. The van der Waals surface area contributed by atoms with Crippen LogP contribution in [0, 0.1) is 0 Å². The van der Waals surface area contributed by atoms with Crippen LogP contribution in [-0.2, 0) is 9.59 Å². The fourth-order valence-corrected chi connectivity index (χ4v) is 1.20. The highest BCUT2D eigenvalue weighted by Crippen LogP contribution is 1.91. The van der Waals surface area contributed by atoms with Gasteiger partial charge in [0.05, 0.1) is 0 Å². The molecule has 0 aromatic heterocycles. The molecule has 2 unspecified atom stereocenters. The summed E-state index contributed by atoms with van der Waals surface area (Å²) >= 11 is 0. The summed E-state index contributed by atoms with van der Waals surface area (Å²) < 4.78 is 0. The van der Waals surface area contributed by atoms with Gasteiger partial charge in [0.15, 0.2) is 0 Å². The van der Waals surface area contributed by atoms with E-state index < -0.39 is 24.1 Å². The molecule has 0 aromatic rings. The minimum atomic E-state index is -1.10. The normalized spacial score (nSPS) is 13.3. The molecule has 0 bridgehead atoms. The number of nitrogens with one attached hydrogen (secondary N) is 3. The van der Waals surface area contributed by atoms with Gasteiger partial charge in [0.25, 0.3) is 0 Å². The standard InChI is InChI=1S/C11H21N3O4/c1-4-6-12-9(15)7(3)13-11(18)14-8(5-2)10(16)17/h7-8H,4-6H2,1-3H3,(H,12,15)(H,16,17)(H2,13,14,18). The number of aliphatic carboxylic acids is 1. The molecule has 2 atom stereocenters. The summed E-state index contributed by atoms with van der Waals surface area (Å²) in [6, 6.07) is -2.32. The van der Waals surface area contributed by atoms with Gasteiger partial charge in [-0.05, 0) is 19.8 Å². The third-order valence-electron chi connectivity index (χ3n) is 2.30. The zero-order valence-corrected chi connectivity index (χ0v) is 10.9. The Bertz CT molecular complexity index is 307. The second-order valence-electron chi connectivity index (χ2n) is 3.93. The lowest BCUT2D eigenvalue weighted by atomic mass is 10.2. The quantitative estimate of drug-likeness (QED) is 0.518. The van der Waals surface area contributed by atoms with Crippen molar-refractivity contribution in [2.75, 3.05) is 6.54 Å². The molecule has 7 heteroatoms. The summed E-state index contributed by atoms with van der Waals surface area (Å²) in [6.45, 7) is 5.64. The number of carboxylic acid groups (broad SMARTS) is 1. The van der Waals surface area contributed by atoms with Crippen LogP contribution in [0.5, 0.6) is 0 Å². The summed E-state index contributed by atoms with van der Waals surface area (Å²) in [5.74, 6) is -1.40. The van der Waals surface area contributed by atoms with Crippen molar-refractivity contribution >= 4 is 17.9 Å². The van der Waals surface area contributed by atoms with Crippen LogP contribution < -0.4 is 16.0 Å². The van der Waals surface area contributed by atoms with E-state index in [1.165, 1.54) is 6.92 Å². The van der Waals surface area contributed by atoms with Gasteiger partial charge in [0.1, 0.15) is 12.1 Å². The number of amides is 3. The Morgan fingerprint density at radius 3 is 2.22 bits per heavy atom. The lowest BCUT2D eigenvalue weighted by Crippen LogP contribution is -2.52. The van der Waals surface area contributed by atoms with Crippen LogP contribution in [-0.4, -0.2) is 41.6 Å². The Morgan fingerprint density at radius 2 is 1.78 bits per heavy atom. The average Bonchev–Trinajstić information content (AvgIpc) is 2.32. The molecular formula is C11H21N3O4. The van der Waals surface area contributed by atoms with Crippen molar-refractivity contribution in [1.82, 2.24) is 16.0 Å². The smallest absolute Gasteiger partial charge is 0.326 e. The maximum absolute atomic E-state index is 11.5. The maximum atomic E-state index is 11.5. The minimum Gasteiger partial charge on any atom is -0.480 e. The highest BCUT2D eigenvalue weighted by atomic mass is 16.4. The second kappa shape index (κ2) is 8.32. The molecule has 7 nitrogen and oxygen atoms in total. The van der Waals surface area contributed by atoms with Gasteiger partial charge < -0.3 is 21.1 Å². The van der Waals surface area contributed by atoms with Gasteiger partial charge in [-0.15, -0.1) is 0 Å². The molecule has 0 radical (unpaired) electrons. The molecule has 0 rings (SSSR count). The summed E-state index contributed by atoms with van der Waals surface area (Å²) in [5, 5.41) is 16.1. The highest BCUT2D eigenvalue weighted by molar-refractivity contribution is 5.88. The molecule has 0 saturated carbocycles. The van der Waals surface area contributed by atoms with Crippen molar-refractivity contribution in [3.8, 4) is 0 Å². The molecule has 0 aliphatic rings. The molecule has 0 saturated heterocycles. The van der Waals surface area contributed by atoms with E-state index in [1.807, 2.05) is 6.92 Å². The average molecular weight is 259 g/mol. The highest BCUT2D eigenvalue weighted by Gasteiger charge is 2.20. The molecule has 18 heavy (non-hydrogen) atoms. The van der Waals surface area contributed by atoms with E-state index in [2.05, 4.69) is 16.0 Å². The number of carboxylic acids is 1. The van der Waals surface area contributed by atoms with Crippen LogP contribution >= 0.6 is 0 Å². The van der Waals surface area contributed by atoms with Crippen molar-refractivity contribution < 1.29 is 19.5 Å². The zero-order chi connectivity index (χ0) is 14.1. The van der Waals surface area contributed by atoms with Crippen molar-refractivity contribution in [1.29, 1.82) is 0 Å². The predicted molar refractivity (Wildman–Crippen MR) is 66.1 cm³/mol. The number of urea groups is 1. The van der Waals surface area contributed by atoms with Crippen molar-refractivity contribution in [3.05, 3.63) is 0 Å². The number of hydrogen-bond acceptors (Lipinski definition) is 3. The first kappa shape index (κ1) is 16.2. The Morgan fingerprint density at radius 1 is 1.17 bits per heavy atom. The fraction of sp³-hybridized carbons (Fsp3) is 0.727. The van der Waals surface area contributed by atoms with Crippen LogP contribution in [0.2, 0.25) is 0 Å². The van der Waals surface area contributed by atoms with Crippen LogP contribution in [0.15, 0.2) is 0 Å². The summed E-state index contributed by atoms with van der Waals surface area (Å²) in [4.78, 5) is 33.6. The van der Waals surface area contributed by atoms with Gasteiger partial charge in [-0.25, -0.2) is 9.59 Å². The summed E-state index contributed by atoms with van der Waals surface area (Å²) in [5.41, 5.74) is 0. The number of carbonyl (C=O) groups is 3. The third kappa shape index (κ3) is 6.07. The van der Waals surface area contributed by atoms with Crippen molar-refractivity contribution in [2.45, 2.75) is 45.7 Å². The van der Waals surface area contributed by atoms with E-state index in [1.54, 1.807) is 6.92 Å². The van der Waals surface area contributed by atoms with Gasteiger partial charge in [-0.1, -0.05) is 13.8 Å². The third-order valence-corrected chi connectivity index (χ3v) is 2.30. The van der Waals surface area contributed by atoms with Crippen molar-refractivity contribution in [3.63, 3.8) is 0 Å². The lowest BCUT2D eigenvalue weighted by Gasteiger charge is -2.17. The van der Waals surface area contributed by atoms with Crippen LogP contribution in [0.1, 0.15) is 33.6 Å². The Labute approximate surface area is 106 Å². The number of hydrogen-bond donors (Lipinski definition) is 4. The van der Waals surface area contributed by atoms with Gasteiger partial charge >= 0.3 is 12.0 Å². The molecule has 0 spiro atoms. The second-order valence-corrected chi connectivity index (χ2v) is 3.93. The number of carbonyl (C=O) groups excluding carboxylic acids is 2. The topological polar surface area (TPSA) is 108 Å². The largest absolute Gasteiger partial charge is 0.480 e. The first-order chi connectivity index (χ1) is 8.42. The Balaban J connectivity index is 4.14. The number of rotatable bonds is 7. The summed E-state index contributed by atoms with van der Waals surface area (Å²) in [6.07, 6.45) is 1.08. The SMILES string of the molecule is CCCNC(=O)C(C)NC(=O)NC(CC)C(=O)O. The predicted octanol–water partition coefficient (Wildman–Crippen LogP) is 0.0635. The molecule has 0 aliphatic carbocycles. The van der Waals surface area contributed by atoms with E-state index >= 15 is 0 Å². The maximum Gasteiger partial charge on any atom is 0.326 e. The molecule has 4 N–H and O–H groups in total. The zero-order valence-electron chi connectivity index (χ0n) is 10.9. The first-order valence-electron chi connectivity index (χ1n) is 5.99. The Hall–Kier alpha value is -1.79. The fourth-order valence-electron chi connectivity index (χ4n) is 1.20. The molecule has 0 heterocycles. The van der Waals surface area contributed by atoms with Gasteiger partial charge in [0, 0.05) is 6.54 Å². The molecule has 0 fully saturated rings. The van der Waals surface area contributed by atoms with E-state index in [-0.39, 0.29) is 12.3 Å². The van der Waals surface area contributed by atoms with E-state index in [0.717, 1.165) is 6.42 Å². The first-order valence-corrected chi connectivity index (χ1v) is 5.99. The van der Waals surface area contributed by atoms with E-state index in [9.17, 15) is 14.4 Å². The monoisotopic (exact) mass is 259 g/mol. The molecule has 104 valence electrons. The minimum absolute atomic E-state index is 0.277. The molecular weight excluding hydrogens is 238 g/mol. The van der Waals surface area contributed by atoms with E-state index in [0.29, 0.717) is 6.54 Å². The lowest BCUT2D eigenvalue weighted by molar-refractivity contribution is -0.139. The van der Waals surface area contributed by atoms with Crippen LogP contribution in [0.25, 0.3) is 0 Å². The molecule has 0 aliphatic heterocycles. The molecule has 3 amide bonds. The Kier molecular flexibility index (Phi) is 7.50. The van der Waals surface area contributed by atoms with Gasteiger partial charge in [-0.2, -0.15) is 0 Å². The van der Waals surface area contributed by atoms with Gasteiger partial charge in [-0.3, -0.25) is 4.79 Å². The van der Waals surface area contributed by atoms with Gasteiger partial charge in [0.2, 0.25) is 5.91 Å². The van der Waals surface area contributed by atoms with Crippen LogP contribution in [0.4, 0.5) is 4.79 Å². The summed E-state index contributed by atoms with van der Waals surface area (Å²) in [7, 11) is 0. The van der Waals surface area contributed by atoms with E-state index in [4.69, 9.17) is 5.11 Å².